The van der Waals surface area contributed by atoms with E-state index in [1.807, 2.05) is 42.2 Å². The number of para-hydroxylation sites is 1. The number of fused-ring (bicyclic) bond motifs is 1. The second-order valence-electron chi connectivity index (χ2n) is 6.79. The van der Waals surface area contributed by atoms with E-state index in [9.17, 15) is 4.79 Å². The lowest BCUT2D eigenvalue weighted by Gasteiger charge is -2.32. The van der Waals surface area contributed by atoms with Gasteiger partial charge in [0.25, 0.3) is 5.91 Å². The molecule has 1 amide bonds. The minimum Gasteiger partial charge on any atom is -0.496 e. The van der Waals surface area contributed by atoms with E-state index in [4.69, 9.17) is 9.72 Å². The van der Waals surface area contributed by atoms with E-state index in [2.05, 4.69) is 12.1 Å². The van der Waals surface area contributed by atoms with Gasteiger partial charge < -0.3 is 9.64 Å². The fourth-order valence-electron chi connectivity index (χ4n) is 3.56. The zero-order valence-electron chi connectivity index (χ0n) is 15.1. The first-order valence-corrected chi connectivity index (χ1v) is 9.77. The molecule has 1 aliphatic rings. The number of ether oxygens (including phenoxy) is 1. The van der Waals surface area contributed by atoms with E-state index >= 15 is 0 Å². The fraction of sp³-hybridized carbons (Fsp3) is 0.333. The third-order valence-electron chi connectivity index (χ3n) is 5.02. The van der Waals surface area contributed by atoms with Crippen LogP contribution >= 0.6 is 11.3 Å². The van der Waals surface area contributed by atoms with Crippen LogP contribution in [0.5, 0.6) is 5.75 Å². The summed E-state index contributed by atoms with van der Waals surface area (Å²) in [7, 11) is 1.64. The van der Waals surface area contributed by atoms with Gasteiger partial charge in [-0.1, -0.05) is 18.2 Å². The van der Waals surface area contributed by atoms with Crippen LogP contribution in [0.4, 0.5) is 0 Å². The van der Waals surface area contributed by atoms with Gasteiger partial charge >= 0.3 is 0 Å². The van der Waals surface area contributed by atoms with Gasteiger partial charge in [-0.25, -0.2) is 4.98 Å². The Morgan fingerprint density at radius 3 is 2.92 bits per heavy atom. The molecular weight excluding hydrogens is 344 g/mol. The summed E-state index contributed by atoms with van der Waals surface area (Å²) in [5, 5.41) is 1.14. The maximum atomic E-state index is 13.0. The van der Waals surface area contributed by atoms with E-state index in [0.717, 1.165) is 47.8 Å². The van der Waals surface area contributed by atoms with Crippen molar-refractivity contribution >= 4 is 27.5 Å². The predicted molar refractivity (Wildman–Crippen MR) is 105 cm³/mol. The smallest absolute Gasteiger partial charge is 0.254 e. The van der Waals surface area contributed by atoms with Crippen LogP contribution in [0, 0.1) is 6.92 Å². The normalized spacial score (nSPS) is 17.5. The number of aromatic nitrogens is 1. The Morgan fingerprint density at radius 1 is 1.27 bits per heavy atom. The summed E-state index contributed by atoms with van der Waals surface area (Å²) in [5.74, 6) is 1.15. The van der Waals surface area contributed by atoms with E-state index in [1.54, 1.807) is 18.4 Å². The van der Waals surface area contributed by atoms with Crippen molar-refractivity contribution in [3.8, 4) is 5.75 Å². The van der Waals surface area contributed by atoms with E-state index in [0.29, 0.717) is 11.5 Å². The van der Waals surface area contributed by atoms with Gasteiger partial charge in [0, 0.05) is 24.6 Å². The van der Waals surface area contributed by atoms with Crippen LogP contribution in [0.25, 0.3) is 10.2 Å². The van der Waals surface area contributed by atoms with Crippen LogP contribution in [0.1, 0.15) is 39.7 Å². The first kappa shape index (κ1) is 17.0. The Labute approximate surface area is 157 Å². The number of likely N-dealkylation sites (tertiary alicyclic amines) is 1. The molecule has 0 radical (unpaired) electrons. The number of carbonyl (C=O) groups is 1. The highest BCUT2D eigenvalue weighted by molar-refractivity contribution is 7.18. The summed E-state index contributed by atoms with van der Waals surface area (Å²) in [6.45, 7) is 3.52. The monoisotopic (exact) mass is 366 g/mol. The number of hydrogen-bond acceptors (Lipinski definition) is 4. The molecular formula is C21H22N2O2S. The molecule has 4 rings (SSSR count). The van der Waals surface area contributed by atoms with Gasteiger partial charge in [0.05, 0.1) is 22.3 Å². The molecule has 1 atom stereocenters. The molecule has 0 saturated carbocycles. The molecule has 0 unspecified atom stereocenters. The number of carbonyl (C=O) groups excluding carboxylic acids is 1. The standard InChI is InChI=1S/C21H22N2O2S/c1-14-9-10-15(12-18(14)25-2)21(24)23-11-5-6-16(13-23)20-22-17-7-3-4-8-19(17)26-20/h3-4,7-10,12,16H,5-6,11,13H2,1-2H3/t16-/m0/s1. The highest BCUT2D eigenvalue weighted by Gasteiger charge is 2.27. The molecule has 2 aromatic carbocycles. The maximum absolute atomic E-state index is 13.0. The van der Waals surface area contributed by atoms with Gasteiger partial charge in [0.15, 0.2) is 0 Å². The molecule has 0 aliphatic carbocycles. The van der Waals surface area contributed by atoms with Gasteiger partial charge in [-0.15, -0.1) is 11.3 Å². The number of piperidine rings is 1. The molecule has 1 aliphatic heterocycles. The quantitative estimate of drug-likeness (QED) is 0.678. The highest BCUT2D eigenvalue weighted by Crippen LogP contribution is 2.33. The molecule has 1 fully saturated rings. The van der Waals surface area contributed by atoms with E-state index < -0.39 is 0 Å². The van der Waals surface area contributed by atoms with Crippen molar-refractivity contribution in [1.29, 1.82) is 0 Å². The number of thiazole rings is 1. The average molecular weight is 366 g/mol. The summed E-state index contributed by atoms with van der Waals surface area (Å²) in [6.07, 6.45) is 2.09. The van der Waals surface area contributed by atoms with E-state index in [1.165, 1.54) is 4.70 Å². The van der Waals surface area contributed by atoms with Crippen molar-refractivity contribution < 1.29 is 9.53 Å². The number of amides is 1. The number of hydrogen-bond donors (Lipinski definition) is 0. The molecule has 1 saturated heterocycles. The first-order chi connectivity index (χ1) is 12.7. The molecule has 3 aromatic rings. The number of rotatable bonds is 3. The number of nitrogens with zero attached hydrogens (tertiary/aromatic N) is 2. The summed E-state index contributed by atoms with van der Waals surface area (Å²) in [6, 6.07) is 13.9. The van der Waals surface area contributed by atoms with Crippen molar-refractivity contribution in [1.82, 2.24) is 9.88 Å². The van der Waals surface area contributed by atoms with Gasteiger partial charge in [0.1, 0.15) is 5.75 Å². The third kappa shape index (κ3) is 3.19. The van der Waals surface area contributed by atoms with Crippen LogP contribution in [-0.2, 0) is 0 Å². The van der Waals surface area contributed by atoms with Crippen LogP contribution in [0.3, 0.4) is 0 Å². The van der Waals surface area contributed by atoms with Crippen molar-refractivity contribution in [2.24, 2.45) is 0 Å². The highest BCUT2D eigenvalue weighted by atomic mass is 32.1. The van der Waals surface area contributed by atoms with Crippen LogP contribution in [-0.4, -0.2) is 36.0 Å². The lowest BCUT2D eigenvalue weighted by molar-refractivity contribution is 0.0706. The molecule has 0 bridgehead atoms. The van der Waals surface area contributed by atoms with Crippen molar-refractivity contribution in [3.05, 3.63) is 58.6 Å². The molecule has 134 valence electrons. The second kappa shape index (κ2) is 7.08. The van der Waals surface area contributed by atoms with Crippen LogP contribution < -0.4 is 4.74 Å². The molecule has 0 N–H and O–H groups in total. The number of aryl methyl sites for hydroxylation is 1. The molecule has 0 spiro atoms. The van der Waals surface area contributed by atoms with Crippen LogP contribution in [0.15, 0.2) is 42.5 Å². The predicted octanol–water partition coefficient (Wildman–Crippen LogP) is 4.63. The molecule has 4 nitrogen and oxygen atoms in total. The summed E-state index contributed by atoms with van der Waals surface area (Å²) >= 11 is 1.75. The Balaban J connectivity index is 1.55. The first-order valence-electron chi connectivity index (χ1n) is 8.95. The number of methoxy groups -OCH3 is 1. The zero-order chi connectivity index (χ0) is 18.1. The van der Waals surface area contributed by atoms with E-state index in [-0.39, 0.29) is 5.91 Å². The third-order valence-corrected chi connectivity index (χ3v) is 6.22. The average Bonchev–Trinajstić information content (AvgIpc) is 3.12. The molecule has 2 heterocycles. The zero-order valence-corrected chi connectivity index (χ0v) is 15.9. The lowest BCUT2D eigenvalue weighted by atomic mass is 9.98. The lowest BCUT2D eigenvalue weighted by Crippen LogP contribution is -2.39. The van der Waals surface area contributed by atoms with Crippen molar-refractivity contribution in [2.75, 3.05) is 20.2 Å². The van der Waals surface area contributed by atoms with Crippen molar-refractivity contribution in [2.45, 2.75) is 25.7 Å². The van der Waals surface area contributed by atoms with Gasteiger partial charge in [-0.3, -0.25) is 4.79 Å². The maximum Gasteiger partial charge on any atom is 0.254 e. The summed E-state index contributed by atoms with van der Waals surface area (Å²) < 4.78 is 6.59. The second-order valence-corrected chi connectivity index (χ2v) is 7.86. The molecule has 1 aromatic heterocycles. The van der Waals surface area contributed by atoms with Gasteiger partial charge in [0.2, 0.25) is 0 Å². The number of benzene rings is 2. The largest absolute Gasteiger partial charge is 0.496 e. The Kier molecular flexibility index (Phi) is 4.64. The Morgan fingerprint density at radius 2 is 2.12 bits per heavy atom. The Bertz CT molecular complexity index is 917. The molecule has 26 heavy (non-hydrogen) atoms. The SMILES string of the molecule is COc1cc(C(=O)N2CCC[C@H](c3nc4ccccc4s3)C2)ccc1C. The van der Waals surface area contributed by atoms with Gasteiger partial charge in [-0.2, -0.15) is 0 Å². The minimum atomic E-state index is 0.0779. The Hall–Kier alpha value is -2.40. The topological polar surface area (TPSA) is 42.4 Å². The molecule has 5 heteroatoms. The van der Waals surface area contributed by atoms with Crippen molar-refractivity contribution in [3.63, 3.8) is 0 Å². The van der Waals surface area contributed by atoms with Crippen LogP contribution in [0.2, 0.25) is 0 Å². The summed E-state index contributed by atoms with van der Waals surface area (Å²) in [4.78, 5) is 19.7. The minimum absolute atomic E-state index is 0.0779. The fourth-order valence-corrected chi connectivity index (χ4v) is 4.66. The van der Waals surface area contributed by atoms with Gasteiger partial charge in [-0.05, 0) is 49.6 Å². The summed E-state index contributed by atoms with van der Waals surface area (Å²) in [5.41, 5.74) is 2.78.